The van der Waals surface area contributed by atoms with Crippen LogP contribution in [0.15, 0.2) is 24.3 Å². The molecule has 0 saturated carbocycles. The molecule has 170 valence electrons. The van der Waals surface area contributed by atoms with Crippen LogP contribution in [0.4, 0.5) is 17.6 Å². The Morgan fingerprint density at radius 3 is 2.37 bits per heavy atom. The highest BCUT2D eigenvalue weighted by Gasteiger charge is 2.31. The van der Waals surface area contributed by atoms with E-state index in [1.165, 1.54) is 19.1 Å². The lowest BCUT2D eigenvalue weighted by atomic mass is 10.1. The van der Waals surface area contributed by atoms with Crippen LogP contribution in [0.25, 0.3) is 0 Å². The summed E-state index contributed by atoms with van der Waals surface area (Å²) in [6.45, 7) is 5.49. The van der Waals surface area contributed by atoms with Gasteiger partial charge >= 0.3 is 6.36 Å². The molecule has 0 bridgehead atoms. The van der Waals surface area contributed by atoms with Crippen LogP contribution in [0.3, 0.4) is 0 Å². The summed E-state index contributed by atoms with van der Waals surface area (Å²) >= 11 is 0. The van der Waals surface area contributed by atoms with Gasteiger partial charge in [0.15, 0.2) is 0 Å². The number of amides is 1. The zero-order valence-corrected chi connectivity index (χ0v) is 17.3. The van der Waals surface area contributed by atoms with E-state index >= 15 is 0 Å². The predicted octanol–water partition coefficient (Wildman–Crippen LogP) is 4.22. The Hall–Kier alpha value is -1.87. The van der Waals surface area contributed by atoms with Crippen molar-refractivity contribution in [2.24, 2.45) is 0 Å². The Balaban J connectivity index is 1.52. The number of piperazine rings is 1. The van der Waals surface area contributed by atoms with Crippen molar-refractivity contribution in [2.45, 2.75) is 51.5 Å². The van der Waals surface area contributed by atoms with Gasteiger partial charge in [-0.1, -0.05) is 12.8 Å². The molecule has 1 aliphatic rings. The first-order chi connectivity index (χ1) is 14.2. The fourth-order valence-corrected chi connectivity index (χ4v) is 3.37. The number of hydrogen-bond donors (Lipinski definition) is 0. The summed E-state index contributed by atoms with van der Waals surface area (Å²) in [5.74, 6) is 0.426. The maximum atomic E-state index is 12.9. The second kappa shape index (κ2) is 12.1. The molecule has 0 N–H and O–H groups in total. The van der Waals surface area contributed by atoms with E-state index in [-0.39, 0.29) is 11.7 Å². The molecule has 9 heteroatoms. The standard InChI is InChI=1S/C21H30F4N2O3/c1-17(30-21(23,24)25)5-3-2-4-6-20(28)27-13-11-26(12-14-27)15-16-29-19-9-7-18(22)8-10-19/h7-10,17H,2-6,11-16H2,1H3. The highest BCUT2D eigenvalue weighted by molar-refractivity contribution is 5.76. The zero-order chi connectivity index (χ0) is 22.0. The predicted molar refractivity (Wildman–Crippen MR) is 105 cm³/mol. The van der Waals surface area contributed by atoms with E-state index in [9.17, 15) is 22.4 Å². The molecule has 1 aliphatic heterocycles. The number of unbranched alkanes of at least 4 members (excludes halogenated alkanes) is 2. The number of alkyl halides is 3. The monoisotopic (exact) mass is 434 g/mol. The van der Waals surface area contributed by atoms with Crippen molar-refractivity contribution in [2.75, 3.05) is 39.3 Å². The number of rotatable bonds is 11. The van der Waals surface area contributed by atoms with E-state index in [1.54, 1.807) is 12.1 Å². The highest BCUT2D eigenvalue weighted by Crippen LogP contribution is 2.21. The molecule has 2 rings (SSSR count). The van der Waals surface area contributed by atoms with Crippen LogP contribution in [0.5, 0.6) is 5.75 Å². The van der Waals surface area contributed by atoms with E-state index in [0.29, 0.717) is 57.6 Å². The number of benzene rings is 1. The minimum Gasteiger partial charge on any atom is -0.492 e. The third kappa shape index (κ3) is 9.75. The molecular weight excluding hydrogens is 404 g/mol. The Kier molecular flexibility index (Phi) is 9.84. The minimum absolute atomic E-state index is 0.0943. The normalized spacial score (nSPS) is 16.5. The van der Waals surface area contributed by atoms with Gasteiger partial charge in [-0.2, -0.15) is 0 Å². The maximum absolute atomic E-state index is 12.9. The Morgan fingerprint density at radius 1 is 1.07 bits per heavy atom. The van der Waals surface area contributed by atoms with E-state index in [1.807, 2.05) is 4.90 Å². The Morgan fingerprint density at radius 2 is 1.73 bits per heavy atom. The number of halogens is 4. The van der Waals surface area contributed by atoms with Gasteiger partial charge in [-0.25, -0.2) is 4.39 Å². The molecule has 1 aromatic carbocycles. The molecule has 1 fully saturated rings. The van der Waals surface area contributed by atoms with Gasteiger partial charge in [-0.3, -0.25) is 14.4 Å². The van der Waals surface area contributed by atoms with Crippen molar-refractivity contribution in [3.8, 4) is 5.75 Å². The molecular formula is C21H30F4N2O3. The van der Waals surface area contributed by atoms with Crippen LogP contribution in [-0.4, -0.2) is 67.5 Å². The summed E-state index contributed by atoms with van der Waals surface area (Å²) in [7, 11) is 0. The maximum Gasteiger partial charge on any atom is 0.522 e. The largest absolute Gasteiger partial charge is 0.522 e. The molecule has 1 saturated heterocycles. The summed E-state index contributed by atoms with van der Waals surface area (Å²) in [4.78, 5) is 16.4. The molecule has 1 heterocycles. The van der Waals surface area contributed by atoms with E-state index in [4.69, 9.17) is 4.74 Å². The number of hydrogen-bond acceptors (Lipinski definition) is 4. The number of carbonyl (C=O) groups excluding carboxylic acids is 1. The quantitative estimate of drug-likeness (QED) is 0.386. The van der Waals surface area contributed by atoms with E-state index in [2.05, 4.69) is 9.64 Å². The lowest BCUT2D eigenvalue weighted by Crippen LogP contribution is -2.49. The van der Waals surface area contributed by atoms with E-state index in [0.717, 1.165) is 19.6 Å². The zero-order valence-electron chi connectivity index (χ0n) is 17.3. The van der Waals surface area contributed by atoms with Gasteiger partial charge in [0.2, 0.25) is 5.91 Å². The first kappa shape index (κ1) is 24.4. The van der Waals surface area contributed by atoms with Gasteiger partial charge in [0.25, 0.3) is 0 Å². The fraction of sp³-hybridized carbons (Fsp3) is 0.667. The van der Waals surface area contributed by atoms with Gasteiger partial charge in [0, 0.05) is 39.1 Å². The molecule has 5 nitrogen and oxygen atoms in total. The second-order valence-corrected chi connectivity index (χ2v) is 7.50. The number of ether oxygens (including phenoxy) is 2. The van der Waals surface area contributed by atoms with Crippen molar-refractivity contribution < 1.29 is 31.8 Å². The number of carbonyl (C=O) groups is 1. The molecule has 0 aliphatic carbocycles. The van der Waals surface area contributed by atoms with Crippen molar-refractivity contribution >= 4 is 5.91 Å². The SMILES string of the molecule is CC(CCCCCC(=O)N1CCN(CCOc2ccc(F)cc2)CC1)OC(F)(F)F. The summed E-state index contributed by atoms with van der Waals surface area (Å²) in [6, 6.07) is 5.90. The average molecular weight is 434 g/mol. The third-order valence-corrected chi connectivity index (χ3v) is 5.05. The van der Waals surface area contributed by atoms with Crippen LogP contribution in [0.1, 0.15) is 39.0 Å². The van der Waals surface area contributed by atoms with Crippen molar-refractivity contribution in [3.05, 3.63) is 30.1 Å². The molecule has 1 aromatic rings. The molecule has 30 heavy (non-hydrogen) atoms. The lowest BCUT2D eigenvalue weighted by Gasteiger charge is -2.34. The average Bonchev–Trinajstić information content (AvgIpc) is 2.68. The first-order valence-corrected chi connectivity index (χ1v) is 10.4. The topological polar surface area (TPSA) is 42.0 Å². The molecule has 1 atom stereocenters. The van der Waals surface area contributed by atoms with Crippen LogP contribution >= 0.6 is 0 Å². The van der Waals surface area contributed by atoms with Gasteiger partial charge in [0.05, 0.1) is 6.10 Å². The molecule has 1 unspecified atom stereocenters. The van der Waals surface area contributed by atoms with Crippen LogP contribution < -0.4 is 4.74 Å². The molecule has 0 radical (unpaired) electrons. The van der Waals surface area contributed by atoms with Gasteiger partial charge in [-0.05, 0) is 44.0 Å². The second-order valence-electron chi connectivity index (χ2n) is 7.50. The van der Waals surface area contributed by atoms with Crippen LogP contribution in [0, 0.1) is 5.82 Å². The van der Waals surface area contributed by atoms with Crippen molar-refractivity contribution in [1.29, 1.82) is 0 Å². The number of nitrogens with zero attached hydrogens (tertiary/aromatic N) is 2. The Labute approximate surface area is 174 Å². The summed E-state index contributed by atoms with van der Waals surface area (Å²) in [6.07, 6.45) is -2.73. The van der Waals surface area contributed by atoms with Gasteiger partial charge < -0.3 is 9.64 Å². The smallest absolute Gasteiger partial charge is 0.492 e. The summed E-state index contributed by atoms with van der Waals surface area (Å²) in [5.41, 5.74) is 0. The fourth-order valence-electron chi connectivity index (χ4n) is 3.37. The van der Waals surface area contributed by atoms with Gasteiger partial charge in [0.1, 0.15) is 18.2 Å². The summed E-state index contributed by atoms with van der Waals surface area (Å²) in [5, 5.41) is 0. The molecule has 1 amide bonds. The van der Waals surface area contributed by atoms with Crippen LogP contribution in [0.2, 0.25) is 0 Å². The first-order valence-electron chi connectivity index (χ1n) is 10.4. The third-order valence-electron chi connectivity index (χ3n) is 5.05. The van der Waals surface area contributed by atoms with E-state index < -0.39 is 12.5 Å². The van der Waals surface area contributed by atoms with Gasteiger partial charge in [-0.15, -0.1) is 13.2 Å². The molecule has 0 aromatic heterocycles. The van der Waals surface area contributed by atoms with Crippen molar-refractivity contribution in [3.63, 3.8) is 0 Å². The van der Waals surface area contributed by atoms with Crippen molar-refractivity contribution in [1.82, 2.24) is 9.80 Å². The summed E-state index contributed by atoms with van der Waals surface area (Å²) < 4.78 is 58.6. The molecule has 0 spiro atoms. The Bertz CT molecular complexity index is 632. The van der Waals surface area contributed by atoms with Crippen LogP contribution in [-0.2, 0) is 9.53 Å². The lowest BCUT2D eigenvalue weighted by molar-refractivity contribution is -0.340. The highest BCUT2D eigenvalue weighted by atomic mass is 19.4. The minimum atomic E-state index is -4.59.